The van der Waals surface area contributed by atoms with Gasteiger partial charge in [-0.25, -0.2) is 0 Å². The summed E-state index contributed by atoms with van der Waals surface area (Å²) in [5.41, 5.74) is 0.187. The van der Waals surface area contributed by atoms with E-state index in [0.717, 1.165) is 31.6 Å². The molecule has 1 saturated heterocycles. The maximum absolute atomic E-state index is 12.1. The van der Waals surface area contributed by atoms with Crippen LogP contribution in [0, 0.1) is 5.41 Å². The van der Waals surface area contributed by atoms with Crippen molar-refractivity contribution in [1.82, 2.24) is 10.2 Å². The quantitative estimate of drug-likeness (QED) is 0.732. The van der Waals surface area contributed by atoms with E-state index in [4.69, 9.17) is 0 Å². The van der Waals surface area contributed by atoms with Crippen molar-refractivity contribution < 1.29 is 9.59 Å². The zero-order valence-electron chi connectivity index (χ0n) is 10.2. The first kappa shape index (κ1) is 12.7. The van der Waals surface area contributed by atoms with Gasteiger partial charge in [-0.2, -0.15) is 12.6 Å². The molecular weight excluding hydrogens is 236 g/mol. The number of carbonyl (C=O) groups is 2. The fourth-order valence-corrected chi connectivity index (χ4v) is 2.82. The van der Waals surface area contributed by atoms with E-state index in [1.165, 1.54) is 6.92 Å². The van der Waals surface area contributed by atoms with Crippen LogP contribution in [0.5, 0.6) is 0 Å². The fraction of sp³-hybridized carbons (Fsp3) is 0.833. The standard InChI is InChI=1S/C12H20N2O2S/c1-9(15)13-10-2-5-14(7-10)11(16)6-12(8-17)3-4-12/h10,17H,2-8H2,1H3,(H,13,15). The molecule has 0 spiro atoms. The molecule has 1 aliphatic carbocycles. The van der Waals surface area contributed by atoms with Crippen LogP contribution in [0.3, 0.4) is 0 Å². The highest BCUT2D eigenvalue weighted by atomic mass is 32.1. The third kappa shape index (κ3) is 3.15. The Bertz CT molecular complexity index is 328. The van der Waals surface area contributed by atoms with Gasteiger partial charge < -0.3 is 10.2 Å². The van der Waals surface area contributed by atoms with Gasteiger partial charge in [-0.05, 0) is 30.4 Å². The normalized spacial score (nSPS) is 25.8. The van der Waals surface area contributed by atoms with Gasteiger partial charge in [-0.15, -0.1) is 0 Å². The highest BCUT2D eigenvalue weighted by molar-refractivity contribution is 7.80. The molecule has 1 atom stereocenters. The van der Waals surface area contributed by atoms with Crippen molar-refractivity contribution >= 4 is 24.4 Å². The van der Waals surface area contributed by atoms with Crippen molar-refractivity contribution in [2.45, 2.75) is 38.6 Å². The molecule has 1 aliphatic heterocycles. The molecule has 4 nitrogen and oxygen atoms in total. The second-order valence-corrected chi connectivity index (χ2v) is 5.68. The largest absolute Gasteiger partial charge is 0.352 e. The second kappa shape index (κ2) is 4.88. The number of rotatable bonds is 4. The van der Waals surface area contributed by atoms with Gasteiger partial charge in [0.05, 0.1) is 0 Å². The second-order valence-electron chi connectivity index (χ2n) is 5.36. The highest BCUT2D eigenvalue weighted by Gasteiger charge is 2.44. The lowest BCUT2D eigenvalue weighted by molar-refractivity contribution is -0.131. The van der Waals surface area contributed by atoms with Crippen LogP contribution in [0.1, 0.15) is 32.6 Å². The SMILES string of the molecule is CC(=O)NC1CCN(C(=O)CC2(CS)CC2)C1. The van der Waals surface area contributed by atoms with Crippen molar-refractivity contribution in [2.75, 3.05) is 18.8 Å². The molecule has 1 saturated carbocycles. The maximum Gasteiger partial charge on any atom is 0.223 e. The minimum atomic E-state index is -0.0154. The van der Waals surface area contributed by atoms with Crippen molar-refractivity contribution in [2.24, 2.45) is 5.41 Å². The molecule has 1 heterocycles. The number of hydrogen-bond donors (Lipinski definition) is 2. The first-order valence-electron chi connectivity index (χ1n) is 6.20. The molecular formula is C12H20N2O2S. The van der Waals surface area contributed by atoms with Gasteiger partial charge in [-0.1, -0.05) is 0 Å². The van der Waals surface area contributed by atoms with E-state index >= 15 is 0 Å². The maximum atomic E-state index is 12.1. The zero-order chi connectivity index (χ0) is 12.5. The van der Waals surface area contributed by atoms with Crippen molar-refractivity contribution in [3.8, 4) is 0 Å². The summed E-state index contributed by atoms with van der Waals surface area (Å²) in [6.07, 6.45) is 3.76. The summed E-state index contributed by atoms with van der Waals surface area (Å²) in [6, 6.07) is 0.141. The molecule has 17 heavy (non-hydrogen) atoms. The number of amides is 2. The summed E-state index contributed by atoms with van der Waals surface area (Å²) < 4.78 is 0. The van der Waals surface area contributed by atoms with Crippen LogP contribution in [0.4, 0.5) is 0 Å². The molecule has 0 radical (unpaired) electrons. The lowest BCUT2D eigenvalue weighted by atomic mass is 10.0. The third-order valence-electron chi connectivity index (χ3n) is 3.77. The van der Waals surface area contributed by atoms with E-state index in [0.29, 0.717) is 13.0 Å². The number of nitrogens with zero attached hydrogens (tertiary/aromatic N) is 1. The summed E-state index contributed by atoms with van der Waals surface area (Å²) >= 11 is 4.32. The average molecular weight is 256 g/mol. The summed E-state index contributed by atoms with van der Waals surface area (Å²) in [6.45, 7) is 2.96. The van der Waals surface area contributed by atoms with E-state index in [9.17, 15) is 9.59 Å². The summed E-state index contributed by atoms with van der Waals surface area (Å²) in [5.74, 6) is 1.02. The molecule has 1 unspecified atom stereocenters. The van der Waals surface area contributed by atoms with Crippen LogP contribution in [-0.2, 0) is 9.59 Å². The number of carbonyl (C=O) groups excluding carboxylic acids is 2. The molecule has 2 aliphatic rings. The lowest BCUT2D eigenvalue weighted by Crippen LogP contribution is -2.37. The van der Waals surface area contributed by atoms with Gasteiger partial charge in [0.2, 0.25) is 11.8 Å². The minimum Gasteiger partial charge on any atom is -0.352 e. The van der Waals surface area contributed by atoms with Crippen molar-refractivity contribution in [3.05, 3.63) is 0 Å². The molecule has 2 amide bonds. The number of nitrogens with one attached hydrogen (secondary N) is 1. The monoisotopic (exact) mass is 256 g/mol. The smallest absolute Gasteiger partial charge is 0.223 e. The molecule has 0 aromatic heterocycles. The Labute approximate surface area is 108 Å². The Kier molecular flexibility index (Phi) is 3.66. The van der Waals surface area contributed by atoms with E-state index in [-0.39, 0.29) is 23.3 Å². The molecule has 1 N–H and O–H groups in total. The van der Waals surface area contributed by atoms with Gasteiger partial charge in [0, 0.05) is 32.5 Å². The van der Waals surface area contributed by atoms with E-state index in [2.05, 4.69) is 17.9 Å². The van der Waals surface area contributed by atoms with Crippen LogP contribution in [0.2, 0.25) is 0 Å². The molecule has 96 valence electrons. The Morgan fingerprint density at radius 3 is 2.71 bits per heavy atom. The van der Waals surface area contributed by atoms with Gasteiger partial charge in [0.1, 0.15) is 0 Å². The van der Waals surface area contributed by atoms with Crippen LogP contribution in [-0.4, -0.2) is 41.6 Å². The summed E-state index contributed by atoms with van der Waals surface area (Å²) in [5, 5.41) is 2.87. The van der Waals surface area contributed by atoms with Crippen LogP contribution in [0.15, 0.2) is 0 Å². The third-order valence-corrected chi connectivity index (χ3v) is 4.44. The van der Waals surface area contributed by atoms with Gasteiger partial charge in [0.25, 0.3) is 0 Å². The van der Waals surface area contributed by atoms with Crippen molar-refractivity contribution in [3.63, 3.8) is 0 Å². The van der Waals surface area contributed by atoms with Crippen molar-refractivity contribution in [1.29, 1.82) is 0 Å². The van der Waals surface area contributed by atoms with Crippen LogP contribution < -0.4 is 5.32 Å². The van der Waals surface area contributed by atoms with Gasteiger partial charge in [0.15, 0.2) is 0 Å². The Hall–Kier alpha value is -0.710. The Morgan fingerprint density at radius 1 is 1.47 bits per heavy atom. The average Bonchev–Trinajstić information content (AvgIpc) is 2.88. The lowest BCUT2D eigenvalue weighted by Gasteiger charge is -2.20. The van der Waals surface area contributed by atoms with Crippen LogP contribution in [0.25, 0.3) is 0 Å². The highest BCUT2D eigenvalue weighted by Crippen LogP contribution is 2.49. The molecule has 5 heteroatoms. The van der Waals surface area contributed by atoms with Gasteiger partial charge in [-0.3, -0.25) is 9.59 Å². The Balaban J connectivity index is 1.80. The molecule has 0 bridgehead atoms. The molecule has 2 fully saturated rings. The predicted molar refractivity (Wildman–Crippen MR) is 68.9 cm³/mol. The Morgan fingerprint density at radius 2 is 2.18 bits per heavy atom. The molecule has 2 rings (SSSR count). The number of hydrogen-bond acceptors (Lipinski definition) is 3. The summed E-state index contributed by atoms with van der Waals surface area (Å²) in [7, 11) is 0. The number of thiol groups is 1. The van der Waals surface area contributed by atoms with E-state index < -0.39 is 0 Å². The predicted octanol–water partition coefficient (Wildman–Crippen LogP) is 0.823. The topological polar surface area (TPSA) is 49.4 Å². The summed E-state index contributed by atoms with van der Waals surface area (Å²) in [4.78, 5) is 24.9. The molecule has 0 aromatic rings. The fourth-order valence-electron chi connectivity index (χ4n) is 2.39. The first-order chi connectivity index (χ1) is 8.04. The van der Waals surface area contributed by atoms with Gasteiger partial charge >= 0.3 is 0 Å². The molecule has 0 aromatic carbocycles. The van der Waals surface area contributed by atoms with Crippen LogP contribution >= 0.6 is 12.6 Å². The zero-order valence-corrected chi connectivity index (χ0v) is 11.1. The minimum absolute atomic E-state index is 0.0154. The number of likely N-dealkylation sites (tertiary alicyclic amines) is 1. The first-order valence-corrected chi connectivity index (χ1v) is 6.84. The van der Waals surface area contributed by atoms with E-state index in [1.807, 2.05) is 4.90 Å². The van der Waals surface area contributed by atoms with E-state index in [1.54, 1.807) is 0 Å².